The fraction of sp³-hybridized carbons (Fsp3) is 0.500. The van der Waals surface area contributed by atoms with E-state index >= 15 is 0 Å². The first kappa shape index (κ1) is 11.4. The Morgan fingerprint density at radius 3 is 3.22 bits per heavy atom. The van der Waals surface area contributed by atoms with Crippen molar-refractivity contribution in [3.8, 4) is 0 Å². The third kappa shape index (κ3) is 2.30. The maximum Gasteiger partial charge on any atom is 0.133 e. The zero-order chi connectivity index (χ0) is 12.4. The summed E-state index contributed by atoms with van der Waals surface area (Å²) >= 11 is 0. The molecule has 0 saturated carbocycles. The summed E-state index contributed by atoms with van der Waals surface area (Å²) in [6, 6.07) is 4.16. The molecule has 1 atom stereocenters. The highest BCUT2D eigenvalue weighted by Crippen LogP contribution is 2.24. The summed E-state index contributed by atoms with van der Waals surface area (Å²) in [4.78, 5) is 2.33. The van der Waals surface area contributed by atoms with E-state index in [1.54, 1.807) is 6.20 Å². The van der Waals surface area contributed by atoms with Gasteiger partial charge in [-0.1, -0.05) is 5.16 Å². The van der Waals surface area contributed by atoms with E-state index in [9.17, 15) is 0 Å². The SMILES string of the molecule is Cc1cc(CN2CCOC[C@@H]2c2ccn[nH]2)no1. The average Bonchev–Trinajstić information content (AvgIpc) is 3.02. The molecular weight excluding hydrogens is 232 g/mol. The van der Waals surface area contributed by atoms with Gasteiger partial charge in [-0.05, 0) is 13.0 Å². The van der Waals surface area contributed by atoms with Crippen LogP contribution >= 0.6 is 0 Å². The van der Waals surface area contributed by atoms with Crippen molar-refractivity contribution in [2.75, 3.05) is 19.8 Å². The first-order valence-electron chi connectivity index (χ1n) is 6.06. The van der Waals surface area contributed by atoms with E-state index in [0.717, 1.165) is 36.8 Å². The van der Waals surface area contributed by atoms with E-state index in [4.69, 9.17) is 9.26 Å². The Morgan fingerprint density at radius 1 is 1.56 bits per heavy atom. The highest BCUT2D eigenvalue weighted by Gasteiger charge is 2.26. The van der Waals surface area contributed by atoms with E-state index in [1.807, 2.05) is 19.1 Å². The van der Waals surface area contributed by atoms with Crippen LogP contribution in [0.4, 0.5) is 0 Å². The number of morpholine rings is 1. The molecule has 0 unspecified atom stereocenters. The van der Waals surface area contributed by atoms with Gasteiger partial charge in [-0.2, -0.15) is 5.10 Å². The molecule has 96 valence electrons. The summed E-state index contributed by atoms with van der Waals surface area (Å²) in [5, 5.41) is 11.1. The quantitative estimate of drug-likeness (QED) is 0.886. The zero-order valence-electron chi connectivity index (χ0n) is 10.3. The number of hydrogen-bond acceptors (Lipinski definition) is 5. The van der Waals surface area contributed by atoms with Crippen LogP contribution in [0, 0.1) is 6.92 Å². The number of aromatic nitrogens is 3. The van der Waals surface area contributed by atoms with Crippen molar-refractivity contribution >= 4 is 0 Å². The highest BCUT2D eigenvalue weighted by atomic mass is 16.5. The van der Waals surface area contributed by atoms with Gasteiger partial charge in [0.15, 0.2) is 0 Å². The Hall–Kier alpha value is -1.66. The summed E-state index contributed by atoms with van der Waals surface area (Å²) < 4.78 is 10.6. The van der Waals surface area contributed by atoms with Gasteiger partial charge in [0.25, 0.3) is 0 Å². The predicted octanol–water partition coefficient (Wildman–Crippen LogP) is 1.28. The molecule has 1 N–H and O–H groups in total. The third-order valence-corrected chi connectivity index (χ3v) is 3.16. The molecule has 1 aliphatic rings. The van der Waals surface area contributed by atoms with Crippen molar-refractivity contribution in [3.05, 3.63) is 35.5 Å². The topological polar surface area (TPSA) is 67.2 Å². The number of nitrogens with zero attached hydrogens (tertiary/aromatic N) is 3. The lowest BCUT2D eigenvalue weighted by Crippen LogP contribution is -2.39. The van der Waals surface area contributed by atoms with Gasteiger partial charge in [0.2, 0.25) is 0 Å². The Morgan fingerprint density at radius 2 is 2.50 bits per heavy atom. The summed E-state index contributed by atoms with van der Waals surface area (Å²) in [5.74, 6) is 0.844. The van der Waals surface area contributed by atoms with Crippen molar-refractivity contribution < 1.29 is 9.26 Å². The van der Waals surface area contributed by atoms with E-state index in [0.29, 0.717) is 6.61 Å². The maximum absolute atomic E-state index is 5.55. The van der Waals surface area contributed by atoms with Gasteiger partial charge in [0.05, 0.1) is 30.6 Å². The summed E-state index contributed by atoms with van der Waals surface area (Å²) in [7, 11) is 0. The molecule has 2 aromatic heterocycles. The van der Waals surface area contributed by atoms with Crippen LogP contribution in [0.1, 0.15) is 23.2 Å². The van der Waals surface area contributed by atoms with E-state index < -0.39 is 0 Å². The minimum absolute atomic E-state index is 0.207. The molecule has 0 amide bonds. The Bertz CT molecular complexity index is 494. The van der Waals surface area contributed by atoms with Gasteiger partial charge < -0.3 is 9.26 Å². The number of hydrogen-bond donors (Lipinski definition) is 1. The second-order valence-electron chi connectivity index (χ2n) is 4.50. The molecule has 3 heterocycles. The fourth-order valence-electron chi connectivity index (χ4n) is 2.27. The second kappa shape index (κ2) is 4.91. The molecule has 1 aliphatic heterocycles. The highest BCUT2D eigenvalue weighted by molar-refractivity contribution is 5.09. The molecular formula is C12H16N4O2. The Balaban J connectivity index is 1.76. The summed E-state index contributed by atoms with van der Waals surface area (Å²) in [6.45, 7) is 4.99. The maximum atomic E-state index is 5.55. The van der Waals surface area contributed by atoms with E-state index in [2.05, 4.69) is 20.3 Å². The van der Waals surface area contributed by atoms with Gasteiger partial charge >= 0.3 is 0 Å². The molecule has 18 heavy (non-hydrogen) atoms. The molecule has 0 aliphatic carbocycles. The molecule has 2 aromatic rings. The minimum atomic E-state index is 0.207. The van der Waals surface area contributed by atoms with Crippen molar-refractivity contribution in [3.63, 3.8) is 0 Å². The molecule has 6 nitrogen and oxygen atoms in total. The van der Waals surface area contributed by atoms with Gasteiger partial charge in [-0.25, -0.2) is 0 Å². The van der Waals surface area contributed by atoms with Crippen LogP contribution in [-0.4, -0.2) is 40.0 Å². The molecule has 0 aromatic carbocycles. The van der Waals surface area contributed by atoms with Crippen LogP contribution in [0.3, 0.4) is 0 Å². The molecule has 0 spiro atoms. The lowest BCUT2D eigenvalue weighted by atomic mass is 10.1. The number of aromatic amines is 1. The van der Waals surface area contributed by atoms with Gasteiger partial charge in [0, 0.05) is 25.4 Å². The number of H-pyrrole nitrogens is 1. The van der Waals surface area contributed by atoms with Crippen LogP contribution in [0.2, 0.25) is 0 Å². The summed E-state index contributed by atoms with van der Waals surface area (Å²) in [5.41, 5.74) is 2.04. The van der Waals surface area contributed by atoms with Crippen LogP contribution in [-0.2, 0) is 11.3 Å². The van der Waals surface area contributed by atoms with Gasteiger partial charge in [-0.15, -0.1) is 0 Å². The Kier molecular flexibility index (Phi) is 3.12. The molecule has 3 rings (SSSR count). The van der Waals surface area contributed by atoms with Crippen molar-refractivity contribution in [2.45, 2.75) is 19.5 Å². The zero-order valence-corrected chi connectivity index (χ0v) is 10.3. The monoisotopic (exact) mass is 248 g/mol. The number of ether oxygens (including phenoxy) is 1. The molecule has 1 fully saturated rings. The molecule has 0 bridgehead atoms. The van der Waals surface area contributed by atoms with Crippen LogP contribution in [0.5, 0.6) is 0 Å². The van der Waals surface area contributed by atoms with Crippen LogP contribution in [0.25, 0.3) is 0 Å². The van der Waals surface area contributed by atoms with Crippen LogP contribution < -0.4 is 0 Å². The van der Waals surface area contributed by atoms with Crippen molar-refractivity contribution in [2.24, 2.45) is 0 Å². The smallest absolute Gasteiger partial charge is 0.133 e. The second-order valence-corrected chi connectivity index (χ2v) is 4.50. The predicted molar refractivity (Wildman–Crippen MR) is 63.8 cm³/mol. The molecule has 1 saturated heterocycles. The van der Waals surface area contributed by atoms with E-state index in [-0.39, 0.29) is 6.04 Å². The first-order valence-corrected chi connectivity index (χ1v) is 6.06. The first-order chi connectivity index (χ1) is 8.83. The lowest BCUT2D eigenvalue weighted by molar-refractivity contribution is -0.0151. The fourth-order valence-corrected chi connectivity index (χ4v) is 2.27. The number of nitrogens with one attached hydrogen (secondary N) is 1. The van der Waals surface area contributed by atoms with Gasteiger partial charge in [0.1, 0.15) is 5.76 Å². The number of aryl methyl sites for hydroxylation is 1. The molecule has 6 heteroatoms. The average molecular weight is 248 g/mol. The Labute approximate surface area is 105 Å². The third-order valence-electron chi connectivity index (χ3n) is 3.16. The normalized spacial score (nSPS) is 21.3. The minimum Gasteiger partial charge on any atom is -0.378 e. The summed E-state index contributed by atoms with van der Waals surface area (Å²) in [6.07, 6.45) is 1.77. The standard InChI is InChI=1S/C12H16N4O2/c1-9-6-10(15-18-9)7-16-4-5-17-8-12(16)11-2-3-13-14-11/h2-3,6,12H,4-5,7-8H2,1H3,(H,13,14)/t12-/m1/s1. The van der Waals surface area contributed by atoms with E-state index in [1.165, 1.54) is 0 Å². The lowest BCUT2D eigenvalue weighted by Gasteiger charge is -2.34. The van der Waals surface area contributed by atoms with Crippen LogP contribution in [0.15, 0.2) is 22.9 Å². The molecule has 0 radical (unpaired) electrons. The largest absolute Gasteiger partial charge is 0.378 e. The van der Waals surface area contributed by atoms with Crippen molar-refractivity contribution in [1.82, 2.24) is 20.3 Å². The van der Waals surface area contributed by atoms with Gasteiger partial charge in [-0.3, -0.25) is 10.00 Å². The number of rotatable bonds is 3. The van der Waals surface area contributed by atoms with Crippen molar-refractivity contribution in [1.29, 1.82) is 0 Å².